The second-order valence-electron chi connectivity index (χ2n) is 5.03. The quantitative estimate of drug-likeness (QED) is 0.556. The topological polar surface area (TPSA) is 52.6 Å². The molecule has 4 heteroatoms. The van der Waals surface area contributed by atoms with E-state index in [4.69, 9.17) is 9.47 Å². The van der Waals surface area contributed by atoms with Crippen molar-refractivity contribution in [3.8, 4) is 0 Å². The summed E-state index contributed by atoms with van der Waals surface area (Å²) in [5, 5.41) is 0. The van der Waals surface area contributed by atoms with Crippen LogP contribution in [-0.4, -0.2) is 25.2 Å². The van der Waals surface area contributed by atoms with Gasteiger partial charge in [0.2, 0.25) is 0 Å². The summed E-state index contributed by atoms with van der Waals surface area (Å²) in [4.78, 5) is 24.2. The first-order valence-corrected chi connectivity index (χ1v) is 6.48. The number of hydrogen-bond acceptors (Lipinski definition) is 4. The van der Waals surface area contributed by atoms with Crippen LogP contribution in [0, 0.1) is 17.3 Å². The highest BCUT2D eigenvalue weighted by Gasteiger charge is 2.59. The van der Waals surface area contributed by atoms with Crippen LogP contribution in [0.4, 0.5) is 0 Å². The fourth-order valence-corrected chi connectivity index (χ4v) is 3.11. The van der Waals surface area contributed by atoms with Gasteiger partial charge in [0.05, 0.1) is 13.2 Å². The summed E-state index contributed by atoms with van der Waals surface area (Å²) < 4.78 is 10.2. The molecule has 2 rings (SSSR count). The lowest BCUT2D eigenvalue weighted by Gasteiger charge is -2.29. The third-order valence-electron chi connectivity index (χ3n) is 4.13. The van der Waals surface area contributed by atoms with Gasteiger partial charge in [0.25, 0.3) is 0 Å². The van der Waals surface area contributed by atoms with Gasteiger partial charge in [0.1, 0.15) is 0 Å². The lowest BCUT2D eigenvalue weighted by molar-refractivity contribution is -0.171. The first-order chi connectivity index (χ1) is 8.14. The Labute approximate surface area is 102 Å². The van der Waals surface area contributed by atoms with E-state index in [2.05, 4.69) is 0 Å². The van der Waals surface area contributed by atoms with Crippen molar-refractivity contribution in [3.05, 3.63) is 0 Å². The van der Waals surface area contributed by atoms with Gasteiger partial charge < -0.3 is 9.47 Å². The Kier molecular flexibility index (Phi) is 3.40. The van der Waals surface area contributed by atoms with Crippen molar-refractivity contribution in [1.82, 2.24) is 0 Å². The highest BCUT2D eigenvalue weighted by Crippen LogP contribution is 2.56. The molecule has 0 heterocycles. The van der Waals surface area contributed by atoms with E-state index in [1.165, 1.54) is 0 Å². The predicted octanol–water partition coefficient (Wildman–Crippen LogP) is 1.92. The van der Waals surface area contributed by atoms with Crippen LogP contribution in [0.3, 0.4) is 0 Å². The molecule has 0 aliphatic heterocycles. The van der Waals surface area contributed by atoms with Crippen molar-refractivity contribution in [3.63, 3.8) is 0 Å². The SMILES string of the molecule is CCOC(=O)C1(C(=O)OCC)C[C@H]2CC[C@H]2C1. The van der Waals surface area contributed by atoms with Crippen LogP contribution in [-0.2, 0) is 19.1 Å². The molecule has 2 aliphatic rings. The Hall–Kier alpha value is -1.06. The zero-order valence-corrected chi connectivity index (χ0v) is 10.5. The third kappa shape index (κ3) is 1.94. The van der Waals surface area contributed by atoms with Gasteiger partial charge >= 0.3 is 11.9 Å². The molecule has 0 saturated heterocycles. The normalized spacial score (nSPS) is 29.1. The number of fused-ring (bicyclic) bond motifs is 1. The Bertz CT molecular complexity index is 291. The maximum Gasteiger partial charge on any atom is 0.323 e. The van der Waals surface area contributed by atoms with Crippen LogP contribution in [0.25, 0.3) is 0 Å². The molecule has 0 bridgehead atoms. The average molecular weight is 240 g/mol. The molecule has 0 spiro atoms. The largest absolute Gasteiger partial charge is 0.465 e. The summed E-state index contributed by atoms with van der Waals surface area (Å²) in [6.07, 6.45) is 3.50. The summed E-state index contributed by atoms with van der Waals surface area (Å²) in [5.41, 5.74) is -1.00. The van der Waals surface area contributed by atoms with Gasteiger partial charge in [0, 0.05) is 0 Å². The van der Waals surface area contributed by atoms with Gasteiger partial charge in [-0.3, -0.25) is 9.59 Å². The van der Waals surface area contributed by atoms with Crippen molar-refractivity contribution in [2.75, 3.05) is 13.2 Å². The van der Waals surface area contributed by atoms with Crippen LogP contribution in [0.2, 0.25) is 0 Å². The molecule has 96 valence electrons. The van der Waals surface area contributed by atoms with E-state index in [0.29, 0.717) is 37.9 Å². The lowest BCUT2D eigenvalue weighted by atomic mass is 9.77. The number of ether oxygens (including phenoxy) is 2. The highest BCUT2D eigenvalue weighted by molar-refractivity contribution is 6.00. The van der Waals surface area contributed by atoms with Crippen molar-refractivity contribution in [2.24, 2.45) is 17.3 Å². The summed E-state index contributed by atoms with van der Waals surface area (Å²) in [6.45, 7) is 4.16. The molecule has 0 amide bonds. The van der Waals surface area contributed by atoms with E-state index in [9.17, 15) is 9.59 Å². The molecule has 0 radical (unpaired) electrons. The molecule has 0 aromatic heterocycles. The fraction of sp³-hybridized carbons (Fsp3) is 0.846. The molecule has 0 aromatic carbocycles. The molecule has 2 atom stereocenters. The van der Waals surface area contributed by atoms with E-state index in [1.807, 2.05) is 0 Å². The van der Waals surface area contributed by atoms with Crippen LogP contribution in [0.15, 0.2) is 0 Å². The van der Waals surface area contributed by atoms with E-state index < -0.39 is 5.41 Å². The minimum absolute atomic E-state index is 0.315. The van der Waals surface area contributed by atoms with Crippen LogP contribution < -0.4 is 0 Å². The molecule has 2 saturated carbocycles. The molecular weight excluding hydrogens is 220 g/mol. The van der Waals surface area contributed by atoms with E-state index in [0.717, 1.165) is 12.8 Å². The zero-order valence-electron chi connectivity index (χ0n) is 10.5. The molecule has 0 N–H and O–H groups in total. The standard InChI is InChI=1S/C13H20O4/c1-3-16-11(14)13(12(15)17-4-2)7-9-5-6-10(9)8-13/h9-10H,3-8H2,1-2H3/t9-,10+. The molecule has 0 aromatic rings. The van der Waals surface area contributed by atoms with Crippen LogP contribution >= 0.6 is 0 Å². The second kappa shape index (κ2) is 4.67. The van der Waals surface area contributed by atoms with E-state index >= 15 is 0 Å². The van der Waals surface area contributed by atoms with Gasteiger partial charge in [-0.2, -0.15) is 0 Å². The number of carbonyl (C=O) groups is 2. The molecule has 4 nitrogen and oxygen atoms in total. The molecule has 0 unspecified atom stereocenters. The Morgan fingerprint density at radius 2 is 1.41 bits per heavy atom. The summed E-state index contributed by atoms with van der Waals surface area (Å²) in [7, 11) is 0. The number of rotatable bonds is 4. The Balaban J connectivity index is 2.17. The van der Waals surface area contributed by atoms with Gasteiger partial charge in [0.15, 0.2) is 5.41 Å². The van der Waals surface area contributed by atoms with Crippen molar-refractivity contribution in [2.45, 2.75) is 39.5 Å². The second-order valence-corrected chi connectivity index (χ2v) is 5.03. The van der Waals surface area contributed by atoms with E-state index in [-0.39, 0.29) is 11.9 Å². The highest BCUT2D eigenvalue weighted by atomic mass is 16.6. The first-order valence-electron chi connectivity index (χ1n) is 6.48. The maximum atomic E-state index is 12.1. The monoisotopic (exact) mass is 240 g/mol. The third-order valence-corrected chi connectivity index (χ3v) is 4.13. The lowest BCUT2D eigenvalue weighted by Crippen LogP contribution is -2.40. The zero-order chi connectivity index (χ0) is 12.5. The molecule has 2 fully saturated rings. The van der Waals surface area contributed by atoms with Gasteiger partial charge in [-0.25, -0.2) is 0 Å². The van der Waals surface area contributed by atoms with Crippen molar-refractivity contribution < 1.29 is 19.1 Å². The minimum atomic E-state index is -1.00. The van der Waals surface area contributed by atoms with Crippen molar-refractivity contribution in [1.29, 1.82) is 0 Å². The molecule has 2 aliphatic carbocycles. The van der Waals surface area contributed by atoms with E-state index in [1.54, 1.807) is 13.8 Å². The van der Waals surface area contributed by atoms with Crippen LogP contribution in [0.1, 0.15) is 39.5 Å². The maximum absolute atomic E-state index is 12.1. The fourth-order valence-electron chi connectivity index (χ4n) is 3.11. The first kappa shape index (κ1) is 12.4. The van der Waals surface area contributed by atoms with Crippen molar-refractivity contribution >= 4 is 11.9 Å². The van der Waals surface area contributed by atoms with Gasteiger partial charge in [-0.05, 0) is 51.4 Å². The van der Waals surface area contributed by atoms with Gasteiger partial charge in [-0.15, -0.1) is 0 Å². The number of esters is 2. The Morgan fingerprint density at radius 3 is 1.71 bits per heavy atom. The summed E-state index contributed by atoms with van der Waals surface area (Å²) in [6, 6.07) is 0. The number of hydrogen-bond donors (Lipinski definition) is 0. The summed E-state index contributed by atoms with van der Waals surface area (Å²) >= 11 is 0. The van der Waals surface area contributed by atoms with Gasteiger partial charge in [-0.1, -0.05) is 0 Å². The minimum Gasteiger partial charge on any atom is -0.465 e. The Morgan fingerprint density at radius 1 is 1.00 bits per heavy atom. The average Bonchev–Trinajstić information content (AvgIpc) is 2.54. The molecule has 17 heavy (non-hydrogen) atoms. The number of carbonyl (C=O) groups excluding carboxylic acids is 2. The molecular formula is C13H20O4. The predicted molar refractivity (Wildman–Crippen MR) is 61.1 cm³/mol. The summed E-state index contributed by atoms with van der Waals surface area (Å²) in [5.74, 6) is 0.272. The van der Waals surface area contributed by atoms with Crippen LogP contribution in [0.5, 0.6) is 0 Å². The smallest absolute Gasteiger partial charge is 0.323 e.